The molecule has 0 aromatic carbocycles. The Labute approximate surface area is 152 Å². The highest BCUT2D eigenvalue weighted by atomic mass is 32.2. The standard InChI is InChI=1S/C16H23N5O2S2/c1-10-14(24-16(19-10)13-4-7-17-8-5-13)6-9-18-25(22,23)15-11(2)20-21-12(15)3/h4-5,7-8,11-12,15,18,20-21H,6,9H2,1-3H3. The first kappa shape index (κ1) is 18.4. The summed E-state index contributed by atoms with van der Waals surface area (Å²) >= 11 is 1.60. The quantitative estimate of drug-likeness (QED) is 0.696. The highest BCUT2D eigenvalue weighted by Gasteiger charge is 2.39. The minimum absolute atomic E-state index is 0.129. The average Bonchev–Trinajstić information content (AvgIpc) is 3.11. The fourth-order valence-corrected chi connectivity index (χ4v) is 5.94. The van der Waals surface area contributed by atoms with E-state index >= 15 is 0 Å². The van der Waals surface area contributed by atoms with E-state index in [-0.39, 0.29) is 12.1 Å². The maximum absolute atomic E-state index is 12.5. The van der Waals surface area contributed by atoms with Crippen LogP contribution in [0.3, 0.4) is 0 Å². The SMILES string of the molecule is Cc1nc(-c2ccncc2)sc1CCNS(=O)(=O)C1C(C)NNC1C. The molecule has 2 atom stereocenters. The Hall–Kier alpha value is -1.39. The summed E-state index contributed by atoms with van der Waals surface area (Å²) < 4.78 is 27.8. The highest BCUT2D eigenvalue weighted by Crippen LogP contribution is 2.27. The van der Waals surface area contributed by atoms with Crippen LogP contribution >= 0.6 is 11.3 Å². The van der Waals surface area contributed by atoms with Crippen molar-refractivity contribution in [3.63, 3.8) is 0 Å². The number of nitrogens with zero attached hydrogens (tertiary/aromatic N) is 2. The van der Waals surface area contributed by atoms with Gasteiger partial charge in [0, 0.05) is 41.5 Å². The molecule has 3 heterocycles. The molecule has 0 spiro atoms. The summed E-state index contributed by atoms with van der Waals surface area (Å²) in [6, 6.07) is 3.59. The molecule has 1 saturated heterocycles. The molecule has 0 aliphatic carbocycles. The average molecular weight is 382 g/mol. The van der Waals surface area contributed by atoms with Crippen LogP contribution in [0.4, 0.5) is 0 Å². The van der Waals surface area contributed by atoms with E-state index < -0.39 is 15.3 Å². The van der Waals surface area contributed by atoms with Gasteiger partial charge in [0.2, 0.25) is 10.0 Å². The number of hydrazine groups is 1. The van der Waals surface area contributed by atoms with Crippen LogP contribution in [-0.4, -0.2) is 42.3 Å². The predicted octanol–water partition coefficient (Wildman–Crippen LogP) is 1.23. The molecule has 1 fully saturated rings. The molecule has 2 unspecified atom stereocenters. The zero-order chi connectivity index (χ0) is 18.0. The number of rotatable bonds is 6. The van der Waals surface area contributed by atoms with E-state index in [9.17, 15) is 8.42 Å². The number of sulfonamides is 1. The number of thiazole rings is 1. The highest BCUT2D eigenvalue weighted by molar-refractivity contribution is 7.90. The summed E-state index contributed by atoms with van der Waals surface area (Å²) in [7, 11) is -3.39. The van der Waals surface area contributed by atoms with Crippen molar-refractivity contribution >= 4 is 21.4 Å². The monoisotopic (exact) mass is 381 g/mol. The maximum Gasteiger partial charge on any atom is 0.217 e. The van der Waals surface area contributed by atoms with Gasteiger partial charge in [0.05, 0.1) is 5.69 Å². The van der Waals surface area contributed by atoms with E-state index in [1.54, 1.807) is 23.7 Å². The number of hydrogen-bond acceptors (Lipinski definition) is 7. The maximum atomic E-state index is 12.5. The van der Waals surface area contributed by atoms with Crippen molar-refractivity contribution in [1.82, 2.24) is 25.5 Å². The van der Waals surface area contributed by atoms with Gasteiger partial charge in [0.1, 0.15) is 10.3 Å². The molecule has 2 aromatic rings. The second-order valence-corrected chi connectivity index (χ2v) is 9.29. The number of aryl methyl sites for hydroxylation is 1. The number of nitrogens with one attached hydrogen (secondary N) is 3. The first-order chi connectivity index (χ1) is 11.9. The first-order valence-electron chi connectivity index (χ1n) is 8.24. The molecule has 3 N–H and O–H groups in total. The number of hydrogen-bond donors (Lipinski definition) is 3. The van der Waals surface area contributed by atoms with Crippen LogP contribution < -0.4 is 15.6 Å². The van der Waals surface area contributed by atoms with E-state index in [1.165, 1.54) is 0 Å². The van der Waals surface area contributed by atoms with Crippen LogP contribution in [0.15, 0.2) is 24.5 Å². The fourth-order valence-electron chi connectivity index (χ4n) is 3.08. The van der Waals surface area contributed by atoms with Crippen molar-refractivity contribution in [2.45, 2.75) is 44.5 Å². The molecule has 0 amide bonds. The third-order valence-electron chi connectivity index (χ3n) is 4.36. The van der Waals surface area contributed by atoms with Gasteiger partial charge in [-0.05, 0) is 39.3 Å². The van der Waals surface area contributed by atoms with E-state index in [0.29, 0.717) is 13.0 Å². The third kappa shape index (κ3) is 4.06. The summed E-state index contributed by atoms with van der Waals surface area (Å²) in [4.78, 5) is 9.70. The van der Waals surface area contributed by atoms with Crippen LogP contribution in [0.5, 0.6) is 0 Å². The molecule has 3 rings (SSSR count). The molecule has 0 saturated carbocycles. The molecule has 25 heavy (non-hydrogen) atoms. The van der Waals surface area contributed by atoms with Gasteiger partial charge in [0.15, 0.2) is 0 Å². The summed E-state index contributed by atoms with van der Waals surface area (Å²) in [6.45, 7) is 6.07. The van der Waals surface area contributed by atoms with Crippen molar-refractivity contribution in [2.75, 3.05) is 6.54 Å². The van der Waals surface area contributed by atoms with Crippen LogP contribution in [-0.2, 0) is 16.4 Å². The summed E-state index contributed by atoms with van der Waals surface area (Å²) in [6.07, 6.45) is 4.11. The van der Waals surface area contributed by atoms with Crippen LogP contribution in [0.1, 0.15) is 24.4 Å². The van der Waals surface area contributed by atoms with E-state index in [1.807, 2.05) is 32.9 Å². The van der Waals surface area contributed by atoms with Crippen molar-refractivity contribution in [3.8, 4) is 10.6 Å². The van der Waals surface area contributed by atoms with E-state index in [0.717, 1.165) is 21.1 Å². The Balaban J connectivity index is 1.64. The minimum Gasteiger partial charge on any atom is -0.265 e. The van der Waals surface area contributed by atoms with Crippen LogP contribution in [0, 0.1) is 6.92 Å². The normalized spacial score (nSPS) is 23.9. The first-order valence-corrected chi connectivity index (χ1v) is 10.6. The lowest BCUT2D eigenvalue weighted by Crippen LogP contribution is -2.45. The van der Waals surface area contributed by atoms with Crippen molar-refractivity contribution in [2.24, 2.45) is 0 Å². The van der Waals surface area contributed by atoms with Crippen LogP contribution in [0.2, 0.25) is 0 Å². The molecule has 0 bridgehead atoms. The number of aromatic nitrogens is 2. The molecule has 1 aliphatic heterocycles. The second-order valence-electron chi connectivity index (χ2n) is 6.28. The lowest BCUT2D eigenvalue weighted by atomic mass is 10.2. The Bertz CT molecular complexity index is 812. The van der Waals surface area contributed by atoms with Crippen molar-refractivity contribution in [3.05, 3.63) is 35.1 Å². The molecule has 2 aromatic heterocycles. The Morgan fingerprint density at radius 2 is 1.84 bits per heavy atom. The van der Waals surface area contributed by atoms with Gasteiger partial charge in [-0.2, -0.15) is 0 Å². The third-order valence-corrected chi connectivity index (χ3v) is 7.76. The zero-order valence-electron chi connectivity index (χ0n) is 14.5. The largest absolute Gasteiger partial charge is 0.265 e. The van der Waals surface area contributed by atoms with Gasteiger partial charge in [-0.1, -0.05) is 0 Å². The molecule has 7 nitrogen and oxygen atoms in total. The van der Waals surface area contributed by atoms with Crippen LogP contribution in [0.25, 0.3) is 10.6 Å². The molecule has 0 radical (unpaired) electrons. The summed E-state index contributed by atoms with van der Waals surface area (Å²) in [5.74, 6) is 0. The van der Waals surface area contributed by atoms with Gasteiger partial charge in [0.25, 0.3) is 0 Å². The molecule has 9 heteroatoms. The van der Waals surface area contributed by atoms with Crippen molar-refractivity contribution < 1.29 is 8.42 Å². The second kappa shape index (κ2) is 7.46. The zero-order valence-corrected chi connectivity index (χ0v) is 16.1. The van der Waals surface area contributed by atoms with Gasteiger partial charge in [-0.15, -0.1) is 11.3 Å². The van der Waals surface area contributed by atoms with Gasteiger partial charge < -0.3 is 0 Å². The van der Waals surface area contributed by atoms with Gasteiger partial charge in [-0.25, -0.2) is 18.1 Å². The predicted molar refractivity (Wildman–Crippen MR) is 99.7 cm³/mol. The van der Waals surface area contributed by atoms with Gasteiger partial charge >= 0.3 is 0 Å². The molecular weight excluding hydrogens is 358 g/mol. The Morgan fingerprint density at radius 3 is 2.48 bits per heavy atom. The lowest BCUT2D eigenvalue weighted by Gasteiger charge is -2.18. The molecule has 1 aliphatic rings. The minimum atomic E-state index is -3.39. The molecular formula is C16H23N5O2S2. The summed E-state index contributed by atoms with van der Waals surface area (Å²) in [5, 5.41) is 0.451. The van der Waals surface area contributed by atoms with E-state index in [4.69, 9.17) is 0 Å². The Morgan fingerprint density at radius 1 is 1.20 bits per heavy atom. The number of pyridine rings is 1. The fraction of sp³-hybridized carbons (Fsp3) is 0.500. The van der Waals surface area contributed by atoms with Gasteiger partial charge in [-0.3, -0.25) is 15.8 Å². The smallest absolute Gasteiger partial charge is 0.217 e. The van der Waals surface area contributed by atoms with Crippen molar-refractivity contribution in [1.29, 1.82) is 0 Å². The summed E-state index contributed by atoms with van der Waals surface area (Å²) in [5.41, 5.74) is 7.94. The Kier molecular flexibility index (Phi) is 5.49. The van der Waals surface area contributed by atoms with E-state index in [2.05, 4.69) is 25.5 Å². The molecule has 136 valence electrons. The lowest BCUT2D eigenvalue weighted by molar-refractivity contribution is 0.545. The topological polar surface area (TPSA) is 96.0 Å².